The molecule has 56 valence electrons. The van der Waals surface area contributed by atoms with Crippen molar-refractivity contribution in [2.45, 2.75) is 5.03 Å². The van der Waals surface area contributed by atoms with Crippen molar-refractivity contribution >= 4 is 19.7 Å². The Morgan fingerprint density at radius 2 is 2.20 bits per heavy atom. The van der Waals surface area contributed by atoms with E-state index in [2.05, 4.69) is 9.79 Å². The monoisotopic (exact) mass is 184 g/mol. The molecule has 0 aliphatic heterocycles. The van der Waals surface area contributed by atoms with Crippen molar-refractivity contribution in [2.75, 3.05) is 0 Å². The van der Waals surface area contributed by atoms with Gasteiger partial charge in [0.2, 0.25) is 0 Å². The number of aromatic amines is 1. The standard InChI is InChI=1S/C2HClN2O4S/c3-10(7,8)2-1(6)4-9-5-2/h(H,4,6). The summed E-state index contributed by atoms with van der Waals surface area (Å²) < 4.78 is 24.6. The van der Waals surface area contributed by atoms with Crippen molar-refractivity contribution in [3.05, 3.63) is 10.4 Å². The van der Waals surface area contributed by atoms with E-state index >= 15 is 0 Å². The van der Waals surface area contributed by atoms with E-state index in [0.29, 0.717) is 0 Å². The van der Waals surface area contributed by atoms with Crippen LogP contribution in [0.25, 0.3) is 0 Å². The largest absolute Gasteiger partial charge is 0.321 e. The molecule has 0 atom stereocenters. The molecule has 0 spiro atoms. The zero-order valence-electron chi connectivity index (χ0n) is 4.37. The lowest BCUT2D eigenvalue weighted by Crippen LogP contribution is -2.08. The molecule has 0 radical (unpaired) electrons. The van der Waals surface area contributed by atoms with Crippen molar-refractivity contribution in [2.24, 2.45) is 0 Å². The summed E-state index contributed by atoms with van der Waals surface area (Å²) in [7, 11) is 0.668. The molecule has 0 bridgehead atoms. The Morgan fingerprint density at radius 1 is 1.60 bits per heavy atom. The Balaban J connectivity index is 3.47. The van der Waals surface area contributed by atoms with Crippen molar-refractivity contribution in [1.82, 2.24) is 10.3 Å². The molecule has 0 saturated carbocycles. The first-order valence-electron chi connectivity index (χ1n) is 2.01. The van der Waals surface area contributed by atoms with Gasteiger partial charge in [0, 0.05) is 10.7 Å². The highest BCUT2D eigenvalue weighted by Crippen LogP contribution is 2.04. The van der Waals surface area contributed by atoms with Crippen LogP contribution in [0.5, 0.6) is 0 Å². The lowest BCUT2D eigenvalue weighted by atomic mass is 10.9. The number of halogens is 1. The fraction of sp³-hybridized carbons (Fsp3) is 0. The fourth-order valence-corrected chi connectivity index (χ4v) is 1.03. The van der Waals surface area contributed by atoms with Gasteiger partial charge in [0.15, 0.2) is 0 Å². The Labute approximate surface area is 59.2 Å². The van der Waals surface area contributed by atoms with E-state index in [1.54, 1.807) is 5.16 Å². The molecule has 0 aliphatic carbocycles. The van der Waals surface area contributed by atoms with Gasteiger partial charge in [-0.25, -0.2) is 8.42 Å². The van der Waals surface area contributed by atoms with Crippen LogP contribution >= 0.6 is 10.7 Å². The molecule has 10 heavy (non-hydrogen) atoms. The van der Waals surface area contributed by atoms with Crippen LogP contribution in [0.4, 0.5) is 0 Å². The van der Waals surface area contributed by atoms with Gasteiger partial charge in [0.05, 0.1) is 0 Å². The first-order valence-corrected chi connectivity index (χ1v) is 4.32. The van der Waals surface area contributed by atoms with Crippen molar-refractivity contribution in [1.29, 1.82) is 0 Å². The topological polar surface area (TPSA) is 93.0 Å². The molecule has 0 aromatic carbocycles. The van der Waals surface area contributed by atoms with Gasteiger partial charge in [0.25, 0.3) is 14.1 Å². The number of hydrogen-bond donors (Lipinski definition) is 1. The van der Waals surface area contributed by atoms with Gasteiger partial charge in [0.1, 0.15) is 0 Å². The second kappa shape index (κ2) is 2.10. The highest BCUT2D eigenvalue weighted by Gasteiger charge is 2.18. The number of H-pyrrole nitrogens is 1. The average molecular weight is 185 g/mol. The molecule has 1 aromatic heterocycles. The van der Waals surface area contributed by atoms with Crippen LogP contribution in [0, 0.1) is 0 Å². The molecule has 0 fully saturated rings. The lowest BCUT2D eigenvalue weighted by molar-refractivity contribution is 0.295. The van der Waals surface area contributed by atoms with Crippen molar-refractivity contribution < 1.29 is 13.0 Å². The first kappa shape index (κ1) is 7.29. The van der Waals surface area contributed by atoms with Gasteiger partial charge >= 0.3 is 5.56 Å². The molecule has 1 N–H and O–H groups in total. The summed E-state index contributed by atoms with van der Waals surface area (Å²) in [6, 6.07) is 0. The van der Waals surface area contributed by atoms with E-state index in [1.807, 2.05) is 0 Å². The Kier molecular flexibility index (Phi) is 1.53. The normalized spacial score (nSPS) is 11.7. The lowest BCUT2D eigenvalue weighted by Gasteiger charge is -1.77. The molecule has 1 rings (SSSR count). The van der Waals surface area contributed by atoms with E-state index in [4.69, 9.17) is 10.7 Å². The maximum Gasteiger partial charge on any atom is 0.321 e. The van der Waals surface area contributed by atoms with Crippen LogP contribution in [-0.2, 0) is 9.05 Å². The zero-order chi connectivity index (χ0) is 7.78. The summed E-state index contributed by atoms with van der Waals surface area (Å²) in [6.45, 7) is 0. The molecule has 0 amide bonds. The summed E-state index contributed by atoms with van der Waals surface area (Å²) >= 11 is 0. The number of rotatable bonds is 1. The number of nitrogens with one attached hydrogen (secondary N) is 1. The first-order chi connectivity index (χ1) is 4.52. The minimum Gasteiger partial charge on any atom is -0.266 e. The van der Waals surface area contributed by atoms with Crippen molar-refractivity contribution in [3.63, 3.8) is 0 Å². The van der Waals surface area contributed by atoms with Crippen LogP contribution in [-0.4, -0.2) is 18.7 Å². The van der Waals surface area contributed by atoms with Gasteiger partial charge in [-0.2, -0.15) is 5.16 Å². The maximum atomic E-state index is 10.4. The van der Waals surface area contributed by atoms with Gasteiger partial charge in [-0.15, -0.1) is 0 Å². The minimum absolute atomic E-state index is 0.825. The van der Waals surface area contributed by atoms with E-state index in [9.17, 15) is 13.2 Å². The third-order valence-corrected chi connectivity index (χ3v) is 1.85. The van der Waals surface area contributed by atoms with Gasteiger partial charge < -0.3 is 0 Å². The van der Waals surface area contributed by atoms with Crippen LogP contribution in [0.2, 0.25) is 0 Å². The molecular formula is C2HClN2O4S. The van der Waals surface area contributed by atoms with Crippen LogP contribution in [0.3, 0.4) is 0 Å². The number of hydrogen-bond acceptors (Lipinski definition) is 5. The van der Waals surface area contributed by atoms with E-state index in [-0.39, 0.29) is 0 Å². The number of nitrogens with zero attached hydrogens (tertiary/aromatic N) is 1. The third kappa shape index (κ3) is 1.19. The Morgan fingerprint density at radius 3 is 2.40 bits per heavy atom. The third-order valence-electron chi connectivity index (χ3n) is 0.692. The van der Waals surface area contributed by atoms with E-state index in [1.165, 1.54) is 0 Å². The Hall–Kier alpha value is -0.820. The summed E-state index contributed by atoms with van der Waals surface area (Å²) in [5, 5.41) is 3.67. The van der Waals surface area contributed by atoms with Crippen LogP contribution < -0.4 is 5.56 Å². The van der Waals surface area contributed by atoms with Crippen LogP contribution in [0.1, 0.15) is 0 Å². The second-order valence-corrected chi connectivity index (χ2v) is 3.84. The van der Waals surface area contributed by atoms with Crippen molar-refractivity contribution in [3.8, 4) is 0 Å². The van der Waals surface area contributed by atoms with Crippen LogP contribution in [0.15, 0.2) is 14.4 Å². The second-order valence-electron chi connectivity index (χ2n) is 1.36. The minimum atomic E-state index is -4.07. The quantitative estimate of drug-likeness (QED) is 0.582. The van der Waals surface area contributed by atoms with Gasteiger partial charge in [-0.05, 0) is 5.16 Å². The molecule has 0 unspecified atom stereocenters. The summed E-state index contributed by atoms with van der Waals surface area (Å²) in [6.07, 6.45) is 0. The van der Waals surface area contributed by atoms with E-state index in [0.717, 1.165) is 0 Å². The summed E-state index contributed by atoms with van der Waals surface area (Å²) in [5.41, 5.74) is -0.963. The summed E-state index contributed by atoms with van der Waals surface area (Å²) in [4.78, 5) is 10.4. The highest BCUT2D eigenvalue weighted by molar-refractivity contribution is 8.13. The summed E-state index contributed by atoms with van der Waals surface area (Å²) in [5.74, 6) is 0. The molecule has 0 saturated heterocycles. The highest BCUT2D eigenvalue weighted by atomic mass is 35.7. The van der Waals surface area contributed by atoms with Gasteiger partial charge in [-0.3, -0.25) is 9.42 Å². The molecule has 1 aromatic rings. The molecule has 6 nitrogen and oxygen atoms in total. The predicted molar refractivity (Wildman–Crippen MR) is 30.2 cm³/mol. The maximum absolute atomic E-state index is 10.4. The smallest absolute Gasteiger partial charge is 0.266 e. The van der Waals surface area contributed by atoms with Gasteiger partial charge in [-0.1, -0.05) is 0 Å². The predicted octanol–water partition coefficient (Wildman–Crippen LogP) is -0.710. The number of aromatic nitrogens is 2. The molecule has 8 heteroatoms. The van der Waals surface area contributed by atoms with E-state index < -0.39 is 19.6 Å². The SMILES string of the molecule is O=c1[nH]onc1S(=O)(=O)Cl. The average Bonchev–Trinajstić information content (AvgIpc) is 2.11. The molecular weight excluding hydrogens is 184 g/mol. The zero-order valence-corrected chi connectivity index (χ0v) is 5.94. The molecule has 1 heterocycles. The Bertz CT molecular complexity index is 374. The fourth-order valence-electron chi connectivity index (χ4n) is 0.346. The molecule has 0 aliphatic rings.